The van der Waals surface area contributed by atoms with Crippen LogP contribution in [-0.2, 0) is 0 Å². The molecular weight excluding hydrogens is 272 g/mol. The molecule has 2 aromatic rings. The average Bonchev–Trinajstić information content (AvgIpc) is 2.35. The van der Waals surface area contributed by atoms with Gasteiger partial charge < -0.3 is 0 Å². The monoisotopic (exact) mass is 274 g/mol. The van der Waals surface area contributed by atoms with Crippen molar-refractivity contribution in [3.63, 3.8) is 0 Å². The maximum atomic E-state index is 4.11. The number of hydrogen-bond acceptors (Lipinski definition) is 1. The summed E-state index contributed by atoms with van der Waals surface area (Å²) in [6.45, 7) is 0. The highest BCUT2D eigenvalue weighted by molar-refractivity contribution is 9.11. The number of imidazole rings is 1. The lowest BCUT2D eigenvalue weighted by molar-refractivity contribution is 1.10. The molecule has 0 fully saturated rings. The Morgan fingerprint density at radius 2 is 2.18 bits per heavy atom. The first-order valence-corrected chi connectivity index (χ1v) is 4.65. The summed E-state index contributed by atoms with van der Waals surface area (Å²) < 4.78 is 3.84. The van der Waals surface area contributed by atoms with Crippen molar-refractivity contribution in [2.24, 2.45) is 0 Å². The van der Waals surface area contributed by atoms with Crippen molar-refractivity contribution in [1.82, 2.24) is 9.38 Å². The van der Waals surface area contributed by atoms with Gasteiger partial charge in [0, 0.05) is 10.7 Å². The van der Waals surface area contributed by atoms with Gasteiger partial charge in [0.1, 0.15) is 0 Å². The minimum atomic E-state index is 0.828. The van der Waals surface area contributed by atoms with E-state index in [0.29, 0.717) is 0 Å². The van der Waals surface area contributed by atoms with Crippen LogP contribution in [0.4, 0.5) is 0 Å². The third kappa shape index (κ3) is 1.10. The van der Waals surface area contributed by atoms with Gasteiger partial charge >= 0.3 is 0 Å². The zero-order chi connectivity index (χ0) is 7.84. The van der Waals surface area contributed by atoms with Crippen LogP contribution in [0.2, 0.25) is 0 Å². The quantitative estimate of drug-likeness (QED) is 0.723. The van der Waals surface area contributed by atoms with E-state index in [1.807, 2.05) is 28.9 Å². The predicted molar refractivity (Wildman–Crippen MR) is 50.6 cm³/mol. The van der Waals surface area contributed by atoms with Gasteiger partial charge in [-0.25, -0.2) is 4.98 Å². The van der Waals surface area contributed by atoms with E-state index >= 15 is 0 Å². The molecule has 0 saturated heterocycles. The summed E-state index contributed by atoms with van der Waals surface area (Å²) in [5, 5.41) is 0. The lowest BCUT2D eigenvalue weighted by Gasteiger charge is -1.95. The minimum Gasteiger partial charge on any atom is -0.293 e. The van der Waals surface area contributed by atoms with Crippen LogP contribution in [0.15, 0.2) is 33.7 Å². The van der Waals surface area contributed by atoms with E-state index in [1.165, 1.54) is 0 Å². The van der Waals surface area contributed by atoms with Crippen LogP contribution < -0.4 is 0 Å². The summed E-state index contributed by atoms with van der Waals surface area (Å²) >= 11 is 6.76. The zero-order valence-corrected chi connectivity index (χ0v) is 8.63. The molecule has 0 N–H and O–H groups in total. The van der Waals surface area contributed by atoms with Crippen molar-refractivity contribution in [2.45, 2.75) is 0 Å². The van der Waals surface area contributed by atoms with Crippen LogP contribution in [-0.4, -0.2) is 9.38 Å². The Balaban J connectivity index is 2.94. The molecule has 4 heteroatoms. The Kier molecular flexibility index (Phi) is 1.73. The molecule has 0 bridgehead atoms. The molecule has 2 nitrogen and oxygen atoms in total. The van der Waals surface area contributed by atoms with Crippen molar-refractivity contribution in [3.8, 4) is 0 Å². The second kappa shape index (κ2) is 2.60. The molecule has 0 amide bonds. The largest absolute Gasteiger partial charge is 0.293 e. The van der Waals surface area contributed by atoms with Crippen molar-refractivity contribution in [1.29, 1.82) is 0 Å². The second-order valence-corrected chi connectivity index (χ2v) is 3.70. The summed E-state index contributed by atoms with van der Waals surface area (Å²) in [6.07, 6.45) is 3.77. The molecule has 0 unspecified atom stereocenters. The van der Waals surface area contributed by atoms with Crippen molar-refractivity contribution in [3.05, 3.63) is 33.7 Å². The highest BCUT2D eigenvalue weighted by Gasteiger charge is 2.00. The standard InChI is InChI=1S/C7H4Br2N2/c8-5-2-1-3-11-6(5)4-10-7(11)9/h1-4H. The summed E-state index contributed by atoms with van der Waals surface area (Å²) in [5.41, 5.74) is 1.07. The molecule has 0 aromatic carbocycles. The van der Waals surface area contributed by atoms with E-state index in [0.717, 1.165) is 14.7 Å². The van der Waals surface area contributed by atoms with E-state index in [4.69, 9.17) is 0 Å². The summed E-state index contributed by atoms with van der Waals surface area (Å²) in [5.74, 6) is 0. The molecule has 2 aromatic heterocycles. The molecule has 0 saturated carbocycles. The van der Waals surface area contributed by atoms with E-state index in [2.05, 4.69) is 36.8 Å². The molecule has 0 atom stereocenters. The molecule has 11 heavy (non-hydrogen) atoms. The Morgan fingerprint density at radius 1 is 1.36 bits per heavy atom. The highest BCUT2D eigenvalue weighted by atomic mass is 79.9. The molecule has 2 rings (SSSR count). The topological polar surface area (TPSA) is 17.3 Å². The third-order valence-corrected chi connectivity index (χ3v) is 2.73. The molecule has 0 spiro atoms. The zero-order valence-electron chi connectivity index (χ0n) is 5.46. The van der Waals surface area contributed by atoms with Gasteiger partial charge in [0.2, 0.25) is 0 Å². The van der Waals surface area contributed by atoms with Crippen LogP contribution in [0, 0.1) is 0 Å². The van der Waals surface area contributed by atoms with Crippen LogP contribution in [0.1, 0.15) is 0 Å². The van der Waals surface area contributed by atoms with Gasteiger partial charge in [0.25, 0.3) is 0 Å². The number of pyridine rings is 1. The maximum absolute atomic E-state index is 4.11. The van der Waals surface area contributed by atoms with Gasteiger partial charge in [-0.3, -0.25) is 4.40 Å². The van der Waals surface area contributed by atoms with Gasteiger partial charge in [0.15, 0.2) is 4.73 Å². The Hall–Kier alpha value is -0.350. The highest BCUT2D eigenvalue weighted by Crippen LogP contribution is 2.20. The van der Waals surface area contributed by atoms with Gasteiger partial charge in [-0.2, -0.15) is 0 Å². The van der Waals surface area contributed by atoms with Gasteiger partial charge in [0.05, 0.1) is 11.7 Å². The van der Waals surface area contributed by atoms with E-state index in [9.17, 15) is 0 Å². The number of aromatic nitrogens is 2. The average molecular weight is 276 g/mol. The molecule has 56 valence electrons. The van der Waals surface area contributed by atoms with Crippen LogP contribution in [0.5, 0.6) is 0 Å². The number of rotatable bonds is 0. The van der Waals surface area contributed by atoms with Crippen LogP contribution in [0.25, 0.3) is 5.52 Å². The molecular formula is C7H4Br2N2. The van der Waals surface area contributed by atoms with Crippen LogP contribution in [0.3, 0.4) is 0 Å². The summed E-state index contributed by atoms with van der Waals surface area (Å²) in [7, 11) is 0. The first-order valence-electron chi connectivity index (χ1n) is 3.06. The Labute approximate surface area is 80.5 Å². The normalized spacial score (nSPS) is 10.7. The van der Waals surface area contributed by atoms with Crippen molar-refractivity contribution in [2.75, 3.05) is 0 Å². The lowest BCUT2D eigenvalue weighted by Crippen LogP contribution is -1.82. The third-order valence-electron chi connectivity index (χ3n) is 1.47. The fourth-order valence-corrected chi connectivity index (χ4v) is 1.81. The Bertz CT molecular complexity index is 394. The van der Waals surface area contributed by atoms with Gasteiger partial charge in [-0.15, -0.1) is 0 Å². The lowest BCUT2D eigenvalue weighted by atomic mass is 10.4. The smallest absolute Gasteiger partial charge is 0.181 e. The van der Waals surface area contributed by atoms with E-state index < -0.39 is 0 Å². The molecule has 0 aliphatic carbocycles. The van der Waals surface area contributed by atoms with Crippen LogP contribution >= 0.6 is 31.9 Å². The fourth-order valence-electron chi connectivity index (χ4n) is 0.956. The summed E-state index contributed by atoms with van der Waals surface area (Å²) in [6, 6.07) is 3.95. The van der Waals surface area contributed by atoms with Gasteiger partial charge in [-0.1, -0.05) is 0 Å². The van der Waals surface area contributed by atoms with E-state index in [-0.39, 0.29) is 0 Å². The molecule has 2 heterocycles. The first-order chi connectivity index (χ1) is 5.29. The van der Waals surface area contributed by atoms with Crippen molar-refractivity contribution >= 4 is 37.4 Å². The maximum Gasteiger partial charge on any atom is 0.181 e. The molecule has 0 radical (unpaired) electrons. The minimum absolute atomic E-state index is 0.828. The van der Waals surface area contributed by atoms with E-state index in [1.54, 1.807) is 0 Å². The SMILES string of the molecule is Brc1cccn2c(Br)ncc12. The number of nitrogens with zero attached hydrogens (tertiary/aromatic N) is 2. The number of fused-ring (bicyclic) bond motifs is 1. The fraction of sp³-hybridized carbons (Fsp3) is 0. The molecule has 0 aliphatic heterocycles. The van der Waals surface area contributed by atoms with Crippen molar-refractivity contribution < 1.29 is 0 Å². The second-order valence-electron chi connectivity index (χ2n) is 2.14. The number of hydrogen-bond donors (Lipinski definition) is 0. The Morgan fingerprint density at radius 3 is 2.91 bits per heavy atom. The summed E-state index contributed by atoms with van der Waals surface area (Å²) in [4.78, 5) is 4.11. The predicted octanol–water partition coefficient (Wildman–Crippen LogP) is 2.86. The number of halogens is 2. The van der Waals surface area contributed by atoms with Gasteiger partial charge in [-0.05, 0) is 44.0 Å². The molecule has 0 aliphatic rings. The first kappa shape index (κ1) is 7.31.